The maximum Gasteiger partial charge on any atom is 0.265 e. The molecule has 6 nitrogen and oxygen atoms in total. The molecule has 4 aromatic rings. The Morgan fingerprint density at radius 3 is 2.44 bits per heavy atom. The molecule has 1 saturated heterocycles. The second kappa shape index (κ2) is 9.27. The minimum atomic E-state index is -0.386. The maximum absolute atomic E-state index is 14.2. The third-order valence-corrected chi connectivity index (χ3v) is 6.34. The molecule has 1 fully saturated rings. The second-order valence-electron chi connectivity index (χ2n) is 8.22. The second-order valence-corrected chi connectivity index (χ2v) is 8.66. The first kappa shape index (κ1) is 22.1. The van der Waals surface area contributed by atoms with Gasteiger partial charge in [-0.1, -0.05) is 35.9 Å². The Morgan fingerprint density at radius 1 is 0.971 bits per heavy atom. The van der Waals surface area contributed by atoms with Crippen molar-refractivity contribution in [1.82, 2.24) is 14.5 Å². The summed E-state index contributed by atoms with van der Waals surface area (Å²) in [6, 6.07) is 19.1. The fourth-order valence-corrected chi connectivity index (χ4v) is 4.43. The van der Waals surface area contributed by atoms with Gasteiger partial charge in [0, 0.05) is 42.8 Å². The number of fused-ring (bicyclic) bond motifs is 1. The first-order valence-corrected chi connectivity index (χ1v) is 11.4. The van der Waals surface area contributed by atoms with Crippen LogP contribution in [-0.4, -0.2) is 46.5 Å². The lowest BCUT2D eigenvalue weighted by atomic mass is 10.1. The van der Waals surface area contributed by atoms with Gasteiger partial charge in [-0.2, -0.15) is 0 Å². The van der Waals surface area contributed by atoms with Gasteiger partial charge >= 0.3 is 0 Å². The Labute approximate surface area is 200 Å². The largest absolute Gasteiger partial charge is 0.366 e. The monoisotopic (exact) mass is 476 g/mol. The maximum atomic E-state index is 14.2. The highest BCUT2D eigenvalue weighted by Crippen LogP contribution is 2.21. The van der Waals surface area contributed by atoms with E-state index in [1.165, 1.54) is 10.6 Å². The molecule has 0 radical (unpaired) electrons. The molecule has 1 aliphatic rings. The number of hydrogen-bond acceptors (Lipinski definition) is 4. The van der Waals surface area contributed by atoms with E-state index in [0.29, 0.717) is 47.9 Å². The zero-order valence-electron chi connectivity index (χ0n) is 18.3. The average Bonchev–Trinajstić information content (AvgIpc) is 2.87. The molecule has 0 aliphatic carbocycles. The molecule has 1 aliphatic heterocycles. The van der Waals surface area contributed by atoms with Crippen LogP contribution in [-0.2, 0) is 6.54 Å². The molecule has 2 aromatic heterocycles. The summed E-state index contributed by atoms with van der Waals surface area (Å²) in [5.74, 6) is -0.608. The van der Waals surface area contributed by atoms with Crippen LogP contribution in [0.5, 0.6) is 0 Å². The van der Waals surface area contributed by atoms with E-state index in [9.17, 15) is 14.0 Å². The lowest BCUT2D eigenvalue weighted by Gasteiger charge is -2.36. The number of pyridine rings is 2. The minimum Gasteiger partial charge on any atom is -0.366 e. The summed E-state index contributed by atoms with van der Waals surface area (Å²) in [5.41, 5.74) is 1.64. The van der Waals surface area contributed by atoms with Crippen molar-refractivity contribution in [3.8, 4) is 0 Å². The van der Waals surface area contributed by atoms with E-state index in [2.05, 4.69) is 4.98 Å². The van der Waals surface area contributed by atoms with Crippen LogP contribution in [0, 0.1) is 5.82 Å². The van der Waals surface area contributed by atoms with Gasteiger partial charge in [0.25, 0.3) is 11.5 Å². The van der Waals surface area contributed by atoms with E-state index >= 15 is 0 Å². The molecule has 0 N–H and O–H groups in total. The fraction of sp³-hybridized carbons (Fsp3) is 0.192. The normalized spacial score (nSPS) is 13.9. The van der Waals surface area contributed by atoms with Gasteiger partial charge in [0.2, 0.25) is 0 Å². The molecule has 5 rings (SSSR count). The zero-order valence-corrected chi connectivity index (χ0v) is 19.1. The van der Waals surface area contributed by atoms with Crippen LogP contribution in [0.4, 0.5) is 10.1 Å². The molecule has 0 spiro atoms. The standard InChI is InChI=1S/C26H22ClFN4O2/c27-20-9-7-18(8-10-20)17-32-24-19(4-3-11-29-24)16-21(26(32)34)25(33)31-14-12-30(13-15-31)23-6-2-1-5-22(23)28/h1-11,16H,12-15,17H2. The molecule has 3 heterocycles. The Kier molecular flexibility index (Phi) is 6.02. The lowest BCUT2D eigenvalue weighted by molar-refractivity contribution is 0.0744. The highest BCUT2D eigenvalue weighted by Gasteiger charge is 2.26. The molecule has 2 aromatic carbocycles. The van der Waals surface area contributed by atoms with Crippen molar-refractivity contribution in [1.29, 1.82) is 0 Å². The number of halogens is 2. The van der Waals surface area contributed by atoms with Gasteiger partial charge in [0.1, 0.15) is 17.0 Å². The summed E-state index contributed by atoms with van der Waals surface area (Å²) in [4.78, 5) is 34.8. The zero-order chi connectivity index (χ0) is 23.7. The van der Waals surface area contributed by atoms with Crippen molar-refractivity contribution in [3.05, 3.63) is 105 Å². The molecule has 0 saturated carbocycles. The van der Waals surface area contributed by atoms with E-state index in [0.717, 1.165) is 5.56 Å². The van der Waals surface area contributed by atoms with Crippen LogP contribution >= 0.6 is 11.6 Å². The van der Waals surface area contributed by atoms with E-state index in [4.69, 9.17) is 11.6 Å². The van der Waals surface area contributed by atoms with E-state index in [1.54, 1.807) is 53.6 Å². The highest BCUT2D eigenvalue weighted by molar-refractivity contribution is 6.30. The Balaban J connectivity index is 1.44. The number of anilines is 1. The number of hydrogen-bond donors (Lipinski definition) is 0. The third kappa shape index (κ3) is 4.26. The first-order valence-electron chi connectivity index (χ1n) is 11.0. The number of piperazine rings is 1. The predicted molar refractivity (Wildman–Crippen MR) is 131 cm³/mol. The molecule has 172 valence electrons. The van der Waals surface area contributed by atoms with E-state index in [1.807, 2.05) is 23.1 Å². The van der Waals surface area contributed by atoms with Crippen molar-refractivity contribution >= 4 is 34.2 Å². The Morgan fingerprint density at radius 2 is 1.71 bits per heavy atom. The first-order chi connectivity index (χ1) is 16.5. The van der Waals surface area contributed by atoms with Crippen LogP contribution in [0.3, 0.4) is 0 Å². The quantitative estimate of drug-likeness (QED) is 0.443. The summed E-state index contributed by atoms with van der Waals surface area (Å²) in [6.45, 7) is 2.04. The number of carbonyl (C=O) groups excluding carboxylic acids is 1. The van der Waals surface area contributed by atoms with E-state index in [-0.39, 0.29) is 29.4 Å². The van der Waals surface area contributed by atoms with Crippen molar-refractivity contribution < 1.29 is 9.18 Å². The number of rotatable bonds is 4. The molecular formula is C26H22ClFN4O2. The van der Waals surface area contributed by atoms with Crippen LogP contribution in [0.25, 0.3) is 11.0 Å². The Bertz CT molecular complexity index is 1410. The van der Waals surface area contributed by atoms with Gasteiger partial charge in [-0.05, 0) is 48.0 Å². The minimum absolute atomic E-state index is 0.105. The predicted octanol–water partition coefficient (Wildman–Crippen LogP) is 4.20. The average molecular weight is 477 g/mol. The summed E-state index contributed by atoms with van der Waals surface area (Å²) in [7, 11) is 0. The van der Waals surface area contributed by atoms with Crippen molar-refractivity contribution in [3.63, 3.8) is 0 Å². The molecule has 0 bridgehead atoms. The summed E-state index contributed by atoms with van der Waals surface area (Å²) >= 11 is 6.00. The highest BCUT2D eigenvalue weighted by atomic mass is 35.5. The molecule has 1 amide bonds. The molecular weight excluding hydrogens is 455 g/mol. The van der Waals surface area contributed by atoms with Gasteiger partial charge in [-0.15, -0.1) is 0 Å². The van der Waals surface area contributed by atoms with Crippen LogP contribution in [0.15, 0.2) is 77.7 Å². The molecule has 0 atom stereocenters. The van der Waals surface area contributed by atoms with E-state index < -0.39 is 0 Å². The van der Waals surface area contributed by atoms with Crippen LogP contribution in [0.2, 0.25) is 5.02 Å². The third-order valence-electron chi connectivity index (χ3n) is 6.09. The van der Waals surface area contributed by atoms with Gasteiger partial charge in [-0.25, -0.2) is 9.37 Å². The number of nitrogens with zero attached hydrogens (tertiary/aromatic N) is 4. The number of amides is 1. The SMILES string of the molecule is O=C(c1cc2cccnc2n(Cc2ccc(Cl)cc2)c1=O)N1CCN(c2ccccc2F)CC1. The molecule has 0 unspecified atom stereocenters. The van der Waals surface area contributed by atoms with Crippen LogP contribution < -0.4 is 10.5 Å². The summed E-state index contributed by atoms with van der Waals surface area (Å²) < 4.78 is 15.7. The molecule has 34 heavy (non-hydrogen) atoms. The summed E-state index contributed by atoms with van der Waals surface area (Å²) in [5, 5.41) is 1.32. The van der Waals surface area contributed by atoms with Crippen molar-refractivity contribution in [2.24, 2.45) is 0 Å². The number of para-hydroxylation sites is 1. The Hall–Kier alpha value is -3.71. The van der Waals surface area contributed by atoms with Crippen molar-refractivity contribution in [2.75, 3.05) is 31.1 Å². The van der Waals surface area contributed by atoms with Gasteiger partial charge in [-0.3, -0.25) is 14.2 Å². The number of carbonyl (C=O) groups is 1. The van der Waals surface area contributed by atoms with Crippen molar-refractivity contribution in [2.45, 2.75) is 6.54 Å². The lowest BCUT2D eigenvalue weighted by Crippen LogP contribution is -2.50. The van der Waals surface area contributed by atoms with Gasteiger partial charge < -0.3 is 9.80 Å². The smallest absolute Gasteiger partial charge is 0.265 e. The van der Waals surface area contributed by atoms with Crippen LogP contribution in [0.1, 0.15) is 15.9 Å². The van der Waals surface area contributed by atoms with Gasteiger partial charge in [0.05, 0.1) is 12.2 Å². The molecule has 8 heteroatoms. The fourth-order valence-electron chi connectivity index (χ4n) is 4.31. The number of aromatic nitrogens is 2. The number of benzene rings is 2. The summed E-state index contributed by atoms with van der Waals surface area (Å²) in [6.07, 6.45) is 1.63. The van der Waals surface area contributed by atoms with Gasteiger partial charge in [0.15, 0.2) is 0 Å². The topological polar surface area (TPSA) is 58.4 Å².